The Morgan fingerprint density at radius 2 is 1.67 bits per heavy atom. The standard InChI is InChI=1S/C12H14/c1-12(2,11-8-9-11)10-6-4-3-5-7-10/h3-8H,9H2,1-2H3. The molecule has 0 amide bonds. The molecule has 0 radical (unpaired) electrons. The van der Waals surface area contributed by atoms with Crippen molar-refractivity contribution >= 4 is 0 Å². The average molecular weight is 158 g/mol. The lowest BCUT2D eigenvalue weighted by atomic mass is 9.82. The summed E-state index contributed by atoms with van der Waals surface area (Å²) in [6.45, 7) is 4.59. The normalized spacial score (nSPS) is 15.7. The van der Waals surface area contributed by atoms with E-state index in [0.717, 1.165) is 0 Å². The zero-order chi connectivity index (χ0) is 8.60. The molecular weight excluding hydrogens is 144 g/mol. The fourth-order valence-electron chi connectivity index (χ4n) is 1.60. The lowest BCUT2D eigenvalue weighted by molar-refractivity contribution is 0.641. The summed E-state index contributed by atoms with van der Waals surface area (Å²) in [5.41, 5.74) is 3.27. The quantitative estimate of drug-likeness (QED) is 0.579. The van der Waals surface area contributed by atoms with Gasteiger partial charge >= 0.3 is 0 Å². The van der Waals surface area contributed by atoms with Crippen molar-refractivity contribution in [2.75, 3.05) is 0 Å². The molecule has 0 bridgehead atoms. The molecule has 1 aromatic carbocycles. The van der Waals surface area contributed by atoms with Crippen LogP contribution in [-0.2, 0) is 5.41 Å². The summed E-state index contributed by atoms with van der Waals surface area (Å²) in [7, 11) is 0. The van der Waals surface area contributed by atoms with E-state index in [0.29, 0.717) is 0 Å². The van der Waals surface area contributed by atoms with Gasteiger partial charge < -0.3 is 0 Å². The van der Waals surface area contributed by atoms with Crippen molar-refractivity contribution < 1.29 is 0 Å². The lowest BCUT2D eigenvalue weighted by Crippen LogP contribution is -2.15. The molecule has 62 valence electrons. The predicted molar refractivity (Wildman–Crippen MR) is 52.2 cm³/mol. The monoisotopic (exact) mass is 158 g/mol. The van der Waals surface area contributed by atoms with Gasteiger partial charge in [-0.25, -0.2) is 0 Å². The number of rotatable bonds is 2. The van der Waals surface area contributed by atoms with Crippen molar-refractivity contribution in [1.29, 1.82) is 0 Å². The van der Waals surface area contributed by atoms with Gasteiger partial charge in [0.1, 0.15) is 0 Å². The summed E-state index contributed by atoms with van der Waals surface area (Å²) < 4.78 is 0. The molecule has 0 heterocycles. The summed E-state index contributed by atoms with van der Waals surface area (Å²) in [6, 6.07) is 10.7. The van der Waals surface area contributed by atoms with E-state index in [1.54, 1.807) is 5.57 Å². The third-order valence-corrected chi connectivity index (χ3v) is 2.71. The Balaban J connectivity index is 2.35. The summed E-state index contributed by atoms with van der Waals surface area (Å²) in [5.74, 6) is 0. The Bertz CT molecular complexity index is 304. The van der Waals surface area contributed by atoms with Gasteiger partial charge in [-0.1, -0.05) is 55.8 Å². The maximum atomic E-state index is 2.31. The second kappa shape index (κ2) is 2.48. The van der Waals surface area contributed by atoms with Gasteiger partial charge in [0.2, 0.25) is 0 Å². The smallest absolute Gasteiger partial charge is 0.0108 e. The highest BCUT2D eigenvalue weighted by molar-refractivity contribution is 5.41. The number of hydrogen-bond donors (Lipinski definition) is 0. The molecule has 0 saturated heterocycles. The van der Waals surface area contributed by atoms with E-state index in [2.05, 4.69) is 50.3 Å². The molecule has 0 N–H and O–H groups in total. The Hall–Kier alpha value is -1.04. The molecule has 0 spiro atoms. The first-order chi connectivity index (χ1) is 5.71. The SMILES string of the molecule is CC(C)(C1=CC1)c1ccccc1. The topological polar surface area (TPSA) is 0 Å². The Morgan fingerprint density at radius 1 is 1.08 bits per heavy atom. The van der Waals surface area contributed by atoms with E-state index < -0.39 is 0 Å². The Morgan fingerprint density at radius 3 is 2.17 bits per heavy atom. The molecule has 0 nitrogen and oxygen atoms in total. The summed E-state index contributed by atoms with van der Waals surface area (Å²) in [5, 5.41) is 0. The minimum absolute atomic E-state index is 0.265. The van der Waals surface area contributed by atoms with Gasteiger partial charge in [0, 0.05) is 5.41 Å². The molecule has 0 saturated carbocycles. The highest BCUT2D eigenvalue weighted by Crippen LogP contribution is 2.40. The van der Waals surface area contributed by atoms with Crippen molar-refractivity contribution in [3.8, 4) is 0 Å². The molecule has 0 atom stereocenters. The minimum Gasteiger partial charge on any atom is -0.0800 e. The van der Waals surface area contributed by atoms with Crippen molar-refractivity contribution in [3.63, 3.8) is 0 Å². The van der Waals surface area contributed by atoms with E-state index in [1.165, 1.54) is 12.0 Å². The van der Waals surface area contributed by atoms with E-state index in [9.17, 15) is 0 Å². The molecule has 0 aromatic heterocycles. The summed E-state index contributed by atoms with van der Waals surface area (Å²) >= 11 is 0. The van der Waals surface area contributed by atoms with E-state index in [4.69, 9.17) is 0 Å². The van der Waals surface area contributed by atoms with Crippen molar-refractivity contribution in [1.82, 2.24) is 0 Å². The fourth-order valence-corrected chi connectivity index (χ4v) is 1.60. The first-order valence-electron chi connectivity index (χ1n) is 4.46. The van der Waals surface area contributed by atoms with Crippen LogP contribution in [0.25, 0.3) is 0 Å². The van der Waals surface area contributed by atoms with Crippen LogP contribution in [0, 0.1) is 0 Å². The number of hydrogen-bond acceptors (Lipinski definition) is 0. The summed E-state index contributed by atoms with van der Waals surface area (Å²) in [4.78, 5) is 0. The third-order valence-electron chi connectivity index (χ3n) is 2.71. The van der Waals surface area contributed by atoms with Crippen LogP contribution < -0.4 is 0 Å². The van der Waals surface area contributed by atoms with Crippen molar-refractivity contribution in [2.45, 2.75) is 25.7 Å². The fraction of sp³-hybridized carbons (Fsp3) is 0.333. The molecule has 0 unspecified atom stereocenters. The predicted octanol–water partition coefficient (Wildman–Crippen LogP) is 3.29. The third kappa shape index (κ3) is 1.18. The van der Waals surface area contributed by atoms with E-state index >= 15 is 0 Å². The maximum Gasteiger partial charge on any atom is 0.0108 e. The van der Waals surface area contributed by atoms with Crippen LogP contribution in [0.15, 0.2) is 42.0 Å². The molecule has 1 aliphatic carbocycles. The van der Waals surface area contributed by atoms with Crippen LogP contribution in [0.3, 0.4) is 0 Å². The summed E-state index contributed by atoms with van der Waals surface area (Å²) in [6.07, 6.45) is 3.52. The first-order valence-corrected chi connectivity index (χ1v) is 4.46. The number of allylic oxidation sites excluding steroid dienone is 2. The van der Waals surface area contributed by atoms with Crippen LogP contribution >= 0.6 is 0 Å². The zero-order valence-electron chi connectivity index (χ0n) is 7.67. The molecule has 1 aliphatic rings. The minimum atomic E-state index is 0.265. The molecule has 1 aromatic rings. The van der Waals surface area contributed by atoms with Crippen LogP contribution in [0.1, 0.15) is 25.8 Å². The maximum absolute atomic E-state index is 2.31. The van der Waals surface area contributed by atoms with Gasteiger partial charge in [-0.15, -0.1) is 0 Å². The van der Waals surface area contributed by atoms with Gasteiger partial charge in [0.15, 0.2) is 0 Å². The Labute approximate surface area is 73.9 Å². The van der Waals surface area contributed by atoms with Crippen LogP contribution in [0.4, 0.5) is 0 Å². The first kappa shape index (κ1) is 7.60. The second-order valence-corrected chi connectivity index (χ2v) is 3.92. The van der Waals surface area contributed by atoms with Crippen molar-refractivity contribution in [2.24, 2.45) is 0 Å². The molecule has 2 rings (SSSR count). The Kier molecular flexibility index (Phi) is 1.57. The molecule has 12 heavy (non-hydrogen) atoms. The molecule has 0 aliphatic heterocycles. The second-order valence-electron chi connectivity index (χ2n) is 3.92. The van der Waals surface area contributed by atoms with Gasteiger partial charge in [0.05, 0.1) is 0 Å². The van der Waals surface area contributed by atoms with Gasteiger partial charge in [-0.2, -0.15) is 0 Å². The largest absolute Gasteiger partial charge is 0.0800 e. The van der Waals surface area contributed by atoms with Crippen LogP contribution in [0.5, 0.6) is 0 Å². The van der Waals surface area contributed by atoms with Crippen LogP contribution in [0.2, 0.25) is 0 Å². The zero-order valence-corrected chi connectivity index (χ0v) is 7.67. The van der Waals surface area contributed by atoms with Gasteiger partial charge in [-0.3, -0.25) is 0 Å². The average Bonchev–Trinajstić information content (AvgIpc) is 2.88. The van der Waals surface area contributed by atoms with Gasteiger partial charge in [-0.05, 0) is 12.0 Å². The van der Waals surface area contributed by atoms with E-state index in [1.807, 2.05) is 0 Å². The molecule has 0 fully saturated rings. The van der Waals surface area contributed by atoms with E-state index in [-0.39, 0.29) is 5.41 Å². The van der Waals surface area contributed by atoms with Crippen molar-refractivity contribution in [3.05, 3.63) is 47.5 Å². The highest BCUT2D eigenvalue weighted by atomic mass is 14.3. The molecule has 0 heteroatoms. The van der Waals surface area contributed by atoms with Crippen LogP contribution in [-0.4, -0.2) is 0 Å². The lowest BCUT2D eigenvalue weighted by Gasteiger charge is -2.22. The highest BCUT2D eigenvalue weighted by Gasteiger charge is 2.29. The van der Waals surface area contributed by atoms with Gasteiger partial charge in [0.25, 0.3) is 0 Å². The molecular formula is C12H14. The number of benzene rings is 1.